The van der Waals surface area contributed by atoms with E-state index in [4.69, 9.17) is 0 Å². The molecule has 0 saturated carbocycles. The molecule has 0 N–H and O–H groups in total. The third-order valence-corrected chi connectivity index (χ3v) is 9.50. The molecule has 84 valence electrons. The Kier molecular flexibility index (Phi) is 4.39. The van der Waals surface area contributed by atoms with Crippen LogP contribution >= 0.6 is 7.26 Å². The lowest BCUT2D eigenvalue weighted by molar-refractivity contribution is 0.603. The van der Waals surface area contributed by atoms with Gasteiger partial charge in [-0.2, -0.15) is 0 Å². The molecule has 1 aliphatic rings. The Morgan fingerprint density at radius 3 is 2.14 bits per heavy atom. The molecule has 2 nitrogen and oxygen atoms in total. The van der Waals surface area contributed by atoms with Crippen molar-refractivity contribution in [2.45, 2.75) is 26.2 Å². The van der Waals surface area contributed by atoms with Crippen molar-refractivity contribution in [1.82, 2.24) is 0 Å². The van der Waals surface area contributed by atoms with Gasteiger partial charge in [0.25, 0.3) is 0 Å². The van der Waals surface area contributed by atoms with Gasteiger partial charge in [-0.1, -0.05) is 6.92 Å². The second kappa shape index (κ2) is 4.94. The average molecular weight is 237 g/mol. The van der Waals surface area contributed by atoms with Crippen molar-refractivity contribution in [3.05, 3.63) is 0 Å². The van der Waals surface area contributed by atoms with E-state index >= 15 is 0 Å². The molecule has 0 amide bonds. The van der Waals surface area contributed by atoms with E-state index in [-0.39, 0.29) is 0 Å². The fourth-order valence-corrected chi connectivity index (χ4v) is 9.35. The molecule has 0 atom stereocenters. The third-order valence-electron chi connectivity index (χ3n) is 3.15. The van der Waals surface area contributed by atoms with Crippen molar-refractivity contribution in [3.8, 4) is 0 Å². The molecule has 1 aliphatic heterocycles. The van der Waals surface area contributed by atoms with E-state index in [0.29, 0.717) is 5.75 Å². The second-order valence-corrected chi connectivity index (χ2v) is 11.3. The summed E-state index contributed by atoms with van der Waals surface area (Å²) in [5, 5.41) is 0. The summed E-state index contributed by atoms with van der Waals surface area (Å²) in [5.41, 5.74) is 0. The van der Waals surface area contributed by atoms with E-state index < -0.39 is 17.1 Å². The number of hydrogen-bond acceptors (Lipinski definition) is 2. The van der Waals surface area contributed by atoms with E-state index in [1.807, 2.05) is 0 Å². The SMILES string of the molecule is CCC[P+]1(CCS(C)(=O)=O)CCCC1. The molecule has 1 heterocycles. The topological polar surface area (TPSA) is 34.1 Å². The number of rotatable bonds is 5. The lowest BCUT2D eigenvalue weighted by Crippen LogP contribution is -2.14. The van der Waals surface area contributed by atoms with E-state index in [2.05, 4.69) is 6.92 Å². The molecular formula is C10H22O2PS+. The van der Waals surface area contributed by atoms with Crippen molar-refractivity contribution < 1.29 is 8.42 Å². The molecule has 0 aromatic rings. The minimum absolute atomic E-state index is 0.431. The van der Waals surface area contributed by atoms with Gasteiger partial charge in [0.1, 0.15) is 0 Å². The number of hydrogen-bond donors (Lipinski definition) is 0. The maximum absolute atomic E-state index is 11.2. The van der Waals surface area contributed by atoms with Crippen LogP contribution in [0.4, 0.5) is 0 Å². The first-order valence-corrected chi connectivity index (χ1v) is 10.1. The van der Waals surface area contributed by atoms with Crippen LogP contribution in [0.2, 0.25) is 0 Å². The van der Waals surface area contributed by atoms with Crippen LogP contribution in [-0.4, -0.2) is 45.1 Å². The van der Waals surface area contributed by atoms with Crippen LogP contribution in [0.3, 0.4) is 0 Å². The molecule has 1 rings (SSSR count). The zero-order valence-corrected chi connectivity index (χ0v) is 11.0. The van der Waals surface area contributed by atoms with Crippen molar-refractivity contribution in [2.24, 2.45) is 0 Å². The lowest BCUT2D eigenvalue weighted by atomic mass is 10.4. The minimum Gasteiger partial charge on any atom is -0.229 e. The van der Waals surface area contributed by atoms with Crippen LogP contribution in [-0.2, 0) is 9.84 Å². The summed E-state index contributed by atoms with van der Waals surface area (Å²) in [7, 11) is -3.56. The van der Waals surface area contributed by atoms with Gasteiger partial charge in [-0.25, -0.2) is 8.42 Å². The van der Waals surface area contributed by atoms with Crippen molar-refractivity contribution in [2.75, 3.05) is 36.7 Å². The summed E-state index contributed by atoms with van der Waals surface area (Å²) in [6.45, 7) is 2.22. The molecule has 0 bridgehead atoms. The Hall–Kier alpha value is 0.380. The van der Waals surface area contributed by atoms with Gasteiger partial charge in [0.05, 0.1) is 30.4 Å². The molecular weight excluding hydrogens is 215 g/mol. The van der Waals surface area contributed by atoms with Crippen LogP contribution in [0.1, 0.15) is 26.2 Å². The molecule has 0 aliphatic carbocycles. The summed E-state index contributed by atoms with van der Waals surface area (Å²) in [5.74, 6) is 0.431. The third kappa shape index (κ3) is 3.86. The maximum Gasteiger partial charge on any atom is 0.151 e. The Morgan fingerprint density at radius 2 is 1.71 bits per heavy atom. The zero-order valence-electron chi connectivity index (χ0n) is 9.33. The van der Waals surface area contributed by atoms with Gasteiger partial charge in [0.15, 0.2) is 9.84 Å². The quantitative estimate of drug-likeness (QED) is 0.687. The highest BCUT2D eigenvalue weighted by atomic mass is 32.2. The van der Waals surface area contributed by atoms with E-state index in [1.165, 1.54) is 44.0 Å². The van der Waals surface area contributed by atoms with Crippen molar-refractivity contribution >= 4 is 17.1 Å². The molecule has 1 fully saturated rings. The first-order chi connectivity index (χ1) is 6.47. The average Bonchev–Trinajstić information content (AvgIpc) is 2.50. The van der Waals surface area contributed by atoms with Crippen molar-refractivity contribution in [1.29, 1.82) is 0 Å². The van der Waals surface area contributed by atoms with Gasteiger partial charge >= 0.3 is 0 Å². The van der Waals surface area contributed by atoms with E-state index in [0.717, 1.165) is 6.16 Å². The summed E-state index contributed by atoms with van der Waals surface area (Å²) < 4.78 is 22.3. The Labute approximate surface area is 88.7 Å². The van der Waals surface area contributed by atoms with Gasteiger partial charge in [0.2, 0.25) is 0 Å². The molecule has 14 heavy (non-hydrogen) atoms. The fourth-order valence-electron chi connectivity index (χ4n) is 2.40. The van der Waals surface area contributed by atoms with Gasteiger partial charge in [-0.3, -0.25) is 0 Å². The fraction of sp³-hybridized carbons (Fsp3) is 1.00. The normalized spacial score (nSPS) is 21.3. The van der Waals surface area contributed by atoms with E-state index in [1.54, 1.807) is 0 Å². The van der Waals surface area contributed by atoms with Gasteiger partial charge in [-0.15, -0.1) is 0 Å². The smallest absolute Gasteiger partial charge is 0.151 e. The Morgan fingerprint density at radius 1 is 1.14 bits per heavy atom. The van der Waals surface area contributed by atoms with Crippen LogP contribution in [0.25, 0.3) is 0 Å². The minimum atomic E-state index is -2.74. The van der Waals surface area contributed by atoms with Gasteiger partial charge < -0.3 is 0 Å². The maximum atomic E-state index is 11.2. The molecule has 0 unspecified atom stereocenters. The molecule has 4 heteroatoms. The van der Waals surface area contributed by atoms with Gasteiger partial charge in [-0.05, 0) is 19.3 Å². The van der Waals surface area contributed by atoms with E-state index in [9.17, 15) is 8.42 Å². The Balaban J connectivity index is 2.52. The first-order valence-electron chi connectivity index (χ1n) is 5.50. The largest absolute Gasteiger partial charge is 0.229 e. The van der Waals surface area contributed by atoms with Crippen LogP contribution < -0.4 is 0 Å². The summed E-state index contributed by atoms with van der Waals surface area (Å²) >= 11 is 0. The van der Waals surface area contributed by atoms with Crippen LogP contribution in [0, 0.1) is 0 Å². The van der Waals surface area contributed by atoms with Gasteiger partial charge in [0, 0.05) is 13.5 Å². The highest BCUT2D eigenvalue weighted by Crippen LogP contribution is 2.63. The van der Waals surface area contributed by atoms with Crippen LogP contribution in [0.15, 0.2) is 0 Å². The summed E-state index contributed by atoms with van der Waals surface area (Å²) in [6.07, 6.45) is 10.3. The molecule has 0 radical (unpaired) electrons. The lowest BCUT2D eigenvalue weighted by Gasteiger charge is -2.21. The summed E-state index contributed by atoms with van der Waals surface area (Å²) in [6, 6.07) is 0. The predicted molar refractivity (Wildman–Crippen MR) is 65.6 cm³/mol. The predicted octanol–water partition coefficient (Wildman–Crippen LogP) is 2.25. The van der Waals surface area contributed by atoms with Crippen molar-refractivity contribution in [3.63, 3.8) is 0 Å². The number of sulfone groups is 1. The first kappa shape index (κ1) is 12.4. The highest BCUT2D eigenvalue weighted by molar-refractivity contribution is 7.91. The monoisotopic (exact) mass is 237 g/mol. The molecule has 0 aromatic heterocycles. The standard InChI is InChI=1S/C10H22O2PS/c1-3-6-13(7-4-5-8-13)9-10-14(2,11)12/h3-10H2,1-2H3/q+1. The Bertz CT molecular complexity index is 266. The molecule has 0 spiro atoms. The molecule has 0 aromatic carbocycles. The highest BCUT2D eigenvalue weighted by Gasteiger charge is 2.40. The summed E-state index contributed by atoms with van der Waals surface area (Å²) in [4.78, 5) is 0. The molecule has 1 saturated heterocycles. The zero-order chi connectivity index (χ0) is 10.7. The second-order valence-electron chi connectivity index (χ2n) is 4.57. The van der Waals surface area contributed by atoms with Crippen LogP contribution in [0.5, 0.6) is 0 Å².